The first kappa shape index (κ1) is 32.6. The topological polar surface area (TPSA) is 105 Å². The Morgan fingerprint density at radius 3 is 2.00 bits per heavy atom. The van der Waals surface area contributed by atoms with E-state index < -0.39 is 66.4 Å². The van der Waals surface area contributed by atoms with Crippen LogP contribution in [0.2, 0.25) is 0 Å². The van der Waals surface area contributed by atoms with Gasteiger partial charge in [0, 0.05) is 32.0 Å². The lowest BCUT2D eigenvalue weighted by Crippen LogP contribution is -2.57. The molecule has 0 bridgehead atoms. The Kier molecular flexibility index (Phi) is 10.3. The summed E-state index contributed by atoms with van der Waals surface area (Å²) in [4.78, 5) is 25.5. The van der Waals surface area contributed by atoms with Crippen molar-refractivity contribution in [3.63, 3.8) is 0 Å². The second kappa shape index (κ2) is 12.3. The fraction of sp³-hybridized carbons (Fsp3) is 0.704. The maximum Gasteiger partial charge on any atom is 0.410 e. The normalized spacial score (nSPS) is 22.0. The molecule has 0 spiro atoms. The lowest BCUT2D eigenvalue weighted by molar-refractivity contribution is -0.0880. The van der Waals surface area contributed by atoms with Crippen molar-refractivity contribution in [1.29, 1.82) is 0 Å². The minimum absolute atomic E-state index is 0.0713. The maximum absolute atomic E-state index is 14.3. The summed E-state index contributed by atoms with van der Waals surface area (Å²) in [5, 5.41) is 10.5. The second-order valence-electron chi connectivity index (χ2n) is 12.0. The molecule has 0 aliphatic carbocycles. The molecule has 2 aliphatic rings. The van der Waals surface area contributed by atoms with Crippen molar-refractivity contribution in [1.82, 2.24) is 9.80 Å². The van der Waals surface area contributed by atoms with E-state index in [0.29, 0.717) is 0 Å². The van der Waals surface area contributed by atoms with Crippen LogP contribution in [0.4, 0.5) is 27.2 Å². The van der Waals surface area contributed by atoms with Crippen LogP contribution >= 0.6 is 0 Å². The van der Waals surface area contributed by atoms with E-state index in [0.717, 1.165) is 15.4 Å². The molecule has 39 heavy (non-hydrogen) atoms. The number of nitrogens with two attached hydrogens (primary N) is 1. The largest absolute Gasteiger partial charge is 0.444 e. The average molecular weight is 564 g/mol. The minimum Gasteiger partial charge on any atom is -0.444 e. The summed E-state index contributed by atoms with van der Waals surface area (Å²) in [5.41, 5.74) is 5.37. The van der Waals surface area contributed by atoms with Gasteiger partial charge < -0.3 is 25.2 Å². The Bertz CT molecular complexity index is 966. The zero-order valence-electron chi connectivity index (χ0n) is 23.4. The molecule has 2 aliphatic heterocycles. The van der Waals surface area contributed by atoms with Crippen molar-refractivity contribution < 1.29 is 41.7 Å². The molecule has 2 saturated heterocycles. The zero-order valence-corrected chi connectivity index (χ0v) is 23.4. The molecule has 2 heterocycles. The van der Waals surface area contributed by atoms with Gasteiger partial charge in [0.05, 0.1) is 12.6 Å². The molecule has 1 aromatic rings. The van der Waals surface area contributed by atoms with Crippen LogP contribution in [-0.4, -0.2) is 88.0 Å². The third-order valence-electron chi connectivity index (χ3n) is 5.98. The van der Waals surface area contributed by atoms with Gasteiger partial charge in [-0.3, -0.25) is 4.90 Å². The van der Waals surface area contributed by atoms with Crippen molar-refractivity contribution in [3.05, 3.63) is 35.9 Å². The van der Waals surface area contributed by atoms with Crippen LogP contribution in [0.25, 0.3) is 0 Å². The van der Waals surface area contributed by atoms with Crippen molar-refractivity contribution in [3.8, 4) is 0 Å². The number of benzene rings is 1. The van der Waals surface area contributed by atoms with Crippen molar-refractivity contribution >= 4 is 12.2 Å². The third-order valence-corrected chi connectivity index (χ3v) is 5.98. The average Bonchev–Trinajstić information content (AvgIpc) is 3.30. The van der Waals surface area contributed by atoms with Gasteiger partial charge in [0.2, 0.25) is 0 Å². The number of halogens is 4. The van der Waals surface area contributed by atoms with Crippen molar-refractivity contribution in [2.24, 2.45) is 5.73 Å². The van der Waals surface area contributed by atoms with Crippen LogP contribution < -0.4 is 5.73 Å². The van der Waals surface area contributed by atoms with Crippen LogP contribution in [0.15, 0.2) is 30.3 Å². The molecule has 2 amide bonds. The zero-order chi connectivity index (χ0) is 29.8. The number of aliphatic hydroxyl groups is 1. The lowest BCUT2D eigenvalue weighted by Gasteiger charge is -2.35. The highest BCUT2D eigenvalue weighted by Crippen LogP contribution is 2.37. The number of amides is 2. The standard InChI is InChI=1S/C18H26F2N2O3.C9H15F2NO2/c1-17(2,3)25-16(24)22-10-9-18(19,20)15(22)14(23)13(21)11-12-7-5-4-6-8-12;1-8(2,3)14-7(13)12-5-4-9(10,11)6-12/h4-8,13-15,23H,9-11,21H2,1-3H3;4-6H2,1-3H3. The van der Waals surface area contributed by atoms with Crippen molar-refractivity contribution in [2.75, 3.05) is 19.6 Å². The first-order valence-electron chi connectivity index (χ1n) is 12.9. The summed E-state index contributed by atoms with van der Waals surface area (Å²) in [5.74, 6) is -5.97. The number of carbonyl (C=O) groups excluding carboxylic acids is 2. The third kappa shape index (κ3) is 10.1. The Labute approximate surface area is 227 Å². The molecule has 12 heteroatoms. The molecule has 3 atom stereocenters. The number of nitrogens with zero attached hydrogens (tertiary/aromatic N) is 2. The molecule has 1 aromatic carbocycles. The van der Waals surface area contributed by atoms with Gasteiger partial charge in [-0.2, -0.15) is 0 Å². The molecular formula is C27H41F4N3O5. The Morgan fingerprint density at radius 1 is 0.974 bits per heavy atom. The summed E-state index contributed by atoms with van der Waals surface area (Å²) in [6.45, 7) is 9.46. The van der Waals surface area contributed by atoms with Crippen LogP contribution in [0.3, 0.4) is 0 Å². The number of hydrogen-bond donors (Lipinski definition) is 2. The monoisotopic (exact) mass is 563 g/mol. The highest BCUT2D eigenvalue weighted by molar-refractivity contribution is 5.69. The summed E-state index contributed by atoms with van der Waals surface area (Å²) in [7, 11) is 0. The van der Waals surface area contributed by atoms with Gasteiger partial charge in [0.15, 0.2) is 0 Å². The molecule has 3 N–H and O–H groups in total. The van der Waals surface area contributed by atoms with Crippen molar-refractivity contribution in [2.45, 2.75) is 102 Å². The van der Waals surface area contributed by atoms with Crippen LogP contribution in [0.1, 0.15) is 59.9 Å². The molecule has 8 nitrogen and oxygen atoms in total. The van der Waals surface area contributed by atoms with Crippen LogP contribution in [0.5, 0.6) is 0 Å². The number of likely N-dealkylation sites (tertiary alicyclic amines) is 2. The fourth-order valence-electron chi connectivity index (χ4n) is 4.20. The molecular weight excluding hydrogens is 522 g/mol. The van der Waals surface area contributed by atoms with E-state index in [1.165, 1.54) is 0 Å². The first-order valence-corrected chi connectivity index (χ1v) is 12.9. The van der Waals surface area contributed by atoms with Gasteiger partial charge >= 0.3 is 12.2 Å². The van der Waals surface area contributed by atoms with Gasteiger partial charge in [-0.05, 0) is 53.5 Å². The first-order chi connectivity index (χ1) is 17.7. The molecule has 2 fully saturated rings. The lowest BCUT2D eigenvalue weighted by atomic mass is 9.94. The van der Waals surface area contributed by atoms with E-state index in [1.807, 2.05) is 30.3 Å². The van der Waals surface area contributed by atoms with E-state index in [4.69, 9.17) is 15.2 Å². The minimum atomic E-state index is -3.22. The van der Waals surface area contributed by atoms with E-state index in [2.05, 4.69) is 0 Å². The Morgan fingerprint density at radius 2 is 1.51 bits per heavy atom. The number of rotatable bonds is 4. The summed E-state index contributed by atoms with van der Waals surface area (Å²) >= 11 is 0. The van der Waals surface area contributed by atoms with Gasteiger partial charge in [-0.25, -0.2) is 27.2 Å². The number of alkyl halides is 4. The van der Waals surface area contributed by atoms with Crippen LogP contribution in [-0.2, 0) is 15.9 Å². The quantitative estimate of drug-likeness (QED) is 0.509. The number of hydrogen-bond acceptors (Lipinski definition) is 6. The fourth-order valence-corrected chi connectivity index (χ4v) is 4.20. The SMILES string of the molecule is CC(C)(C)OC(=O)N1CCC(F)(F)C1.CC(C)(C)OC(=O)N1CCC(F)(F)C1C(O)C(N)Cc1ccccc1. The predicted octanol–water partition coefficient (Wildman–Crippen LogP) is 4.82. The van der Waals surface area contributed by atoms with E-state index in [1.54, 1.807) is 41.5 Å². The molecule has 0 radical (unpaired) electrons. The number of aliphatic hydroxyl groups excluding tert-OH is 1. The van der Waals surface area contributed by atoms with E-state index in [-0.39, 0.29) is 25.9 Å². The van der Waals surface area contributed by atoms with Gasteiger partial charge in [0.1, 0.15) is 17.2 Å². The van der Waals surface area contributed by atoms with Gasteiger partial charge in [-0.1, -0.05) is 30.3 Å². The highest BCUT2D eigenvalue weighted by atomic mass is 19.3. The van der Waals surface area contributed by atoms with Crippen LogP contribution in [0, 0.1) is 0 Å². The molecule has 0 saturated carbocycles. The molecule has 3 rings (SSSR count). The Balaban J connectivity index is 0.000000322. The smallest absolute Gasteiger partial charge is 0.410 e. The second-order valence-corrected chi connectivity index (χ2v) is 12.0. The molecule has 0 aromatic heterocycles. The van der Waals surface area contributed by atoms with Gasteiger partial charge in [0.25, 0.3) is 11.8 Å². The predicted molar refractivity (Wildman–Crippen MR) is 138 cm³/mol. The number of carbonyl (C=O) groups is 2. The van der Waals surface area contributed by atoms with Gasteiger partial charge in [-0.15, -0.1) is 0 Å². The Hall–Kier alpha value is -2.60. The summed E-state index contributed by atoms with van der Waals surface area (Å²) in [6, 6.07) is 6.45. The maximum atomic E-state index is 14.3. The highest BCUT2D eigenvalue weighted by Gasteiger charge is 2.56. The summed E-state index contributed by atoms with van der Waals surface area (Å²) in [6.07, 6.45) is -3.64. The molecule has 222 valence electrons. The van der Waals surface area contributed by atoms with E-state index >= 15 is 0 Å². The number of ether oxygens (including phenoxy) is 2. The summed E-state index contributed by atoms with van der Waals surface area (Å²) < 4.78 is 64.3. The van der Waals surface area contributed by atoms with E-state index in [9.17, 15) is 32.3 Å². The molecule has 3 unspecified atom stereocenters.